The molecule has 13 heteroatoms. The van der Waals surface area contributed by atoms with E-state index in [4.69, 9.17) is 0 Å². The first kappa shape index (κ1) is 35.9. The summed E-state index contributed by atoms with van der Waals surface area (Å²) >= 11 is 0. The number of hydrogen-bond donors (Lipinski definition) is 4. The molecule has 1 aromatic carbocycles. The summed E-state index contributed by atoms with van der Waals surface area (Å²) in [4.78, 5) is 90.0. The van der Waals surface area contributed by atoms with Gasteiger partial charge in [-0.2, -0.15) is 0 Å². The van der Waals surface area contributed by atoms with E-state index >= 15 is 0 Å². The Morgan fingerprint density at radius 2 is 1.69 bits per heavy atom. The Hall–Kier alpha value is -4.94. The van der Waals surface area contributed by atoms with Crippen LogP contribution >= 0.6 is 0 Å². The van der Waals surface area contributed by atoms with Crippen molar-refractivity contribution in [3.8, 4) is 0 Å². The third kappa shape index (κ3) is 8.90. The fraction of sp³-hybridized carbons (Fsp3) is 0.486. The van der Waals surface area contributed by atoms with E-state index in [0.29, 0.717) is 12.0 Å². The molecule has 48 heavy (non-hydrogen) atoms. The second-order valence-electron chi connectivity index (χ2n) is 13.6. The van der Waals surface area contributed by atoms with Gasteiger partial charge in [0.2, 0.25) is 23.5 Å². The highest BCUT2D eigenvalue weighted by atomic mass is 16.2. The lowest BCUT2D eigenvalue weighted by Gasteiger charge is -2.41. The summed E-state index contributed by atoms with van der Waals surface area (Å²) in [6, 6.07) is 3.03. The number of rotatable bonds is 13. The van der Waals surface area contributed by atoms with Gasteiger partial charge in [-0.1, -0.05) is 65.0 Å². The number of aromatic nitrogens is 2. The third-order valence-corrected chi connectivity index (χ3v) is 8.41. The fourth-order valence-electron chi connectivity index (χ4n) is 5.53. The molecule has 1 aliphatic carbocycles. The van der Waals surface area contributed by atoms with Crippen LogP contribution in [0.5, 0.6) is 0 Å². The minimum absolute atomic E-state index is 0.00529. The minimum atomic E-state index is -1.19. The van der Waals surface area contributed by atoms with Gasteiger partial charge in [-0.25, -0.2) is 4.98 Å². The van der Waals surface area contributed by atoms with Crippen molar-refractivity contribution in [2.24, 2.45) is 5.41 Å². The Morgan fingerprint density at radius 3 is 2.27 bits per heavy atom. The first-order valence-corrected chi connectivity index (χ1v) is 16.3. The van der Waals surface area contributed by atoms with Gasteiger partial charge in [0.1, 0.15) is 23.8 Å². The van der Waals surface area contributed by atoms with Crippen LogP contribution in [0.4, 0.5) is 0 Å². The highest BCUT2D eigenvalue weighted by molar-refractivity contribution is 6.38. The molecule has 2 aliphatic rings. The Morgan fingerprint density at radius 1 is 1.00 bits per heavy atom. The molecule has 4 N–H and O–H groups in total. The summed E-state index contributed by atoms with van der Waals surface area (Å²) < 4.78 is 0. The van der Waals surface area contributed by atoms with Gasteiger partial charge in [0.25, 0.3) is 11.8 Å². The predicted octanol–water partition coefficient (Wildman–Crippen LogP) is 1.77. The average Bonchev–Trinajstić information content (AvgIpc) is 3.88. The van der Waals surface area contributed by atoms with Crippen molar-refractivity contribution in [3.63, 3.8) is 0 Å². The first-order chi connectivity index (χ1) is 22.7. The Bertz CT molecular complexity index is 1570. The van der Waals surface area contributed by atoms with Crippen molar-refractivity contribution in [3.05, 3.63) is 71.8 Å². The van der Waals surface area contributed by atoms with Gasteiger partial charge >= 0.3 is 0 Å². The van der Waals surface area contributed by atoms with Crippen molar-refractivity contribution < 1.29 is 28.8 Å². The van der Waals surface area contributed by atoms with Crippen LogP contribution in [-0.4, -0.2) is 80.4 Å². The van der Waals surface area contributed by atoms with Crippen LogP contribution in [0, 0.1) is 5.41 Å². The second-order valence-corrected chi connectivity index (χ2v) is 13.6. The first-order valence-electron chi connectivity index (χ1n) is 16.3. The summed E-state index contributed by atoms with van der Waals surface area (Å²) in [5.41, 5.74) is 1.21. The predicted molar refractivity (Wildman–Crippen MR) is 177 cm³/mol. The molecule has 256 valence electrons. The number of amides is 5. The quantitative estimate of drug-likeness (QED) is 0.186. The molecule has 1 aromatic heterocycles. The zero-order chi connectivity index (χ0) is 35.2. The third-order valence-electron chi connectivity index (χ3n) is 8.41. The monoisotopic (exact) mass is 659 g/mol. The van der Waals surface area contributed by atoms with Gasteiger partial charge < -0.3 is 26.2 Å². The summed E-state index contributed by atoms with van der Waals surface area (Å²) in [6.07, 6.45) is 6.63. The highest BCUT2D eigenvalue weighted by Gasteiger charge is 2.43. The van der Waals surface area contributed by atoms with E-state index in [-0.39, 0.29) is 31.1 Å². The maximum absolute atomic E-state index is 14.5. The molecular weight excluding hydrogens is 614 g/mol. The van der Waals surface area contributed by atoms with Crippen molar-refractivity contribution >= 4 is 35.3 Å². The van der Waals surface area contributed by atoms with Crippen LogP contribution in [0.15, 0.2) is 55.0 Å². The van der Waals surface area contributed by atoms with Crippen LogP contribution in [0.1, 0.15) is 81.9 Å². The van der Waals surface area contributed by atoms with Crippen LogP contribution in [0.3, 0.4) is 0 Å². The van der Waals surface area contributed by atoms with Crippen LogP contribution in [-0.2, 0) is 36.9 Å². The molecule has 13 nitrogen and oxygen atoms in total. The van der Waals surface area contributed by atoms with Gasteiger partial charge in [-0.3, -0.25) is 33.8 Å². The van der Waals surface area contributed by atoms with Crippen LogP contribution in [0.2, 0.25) is 0 Å². The average molecular weight is 660 g/mol. The number of benzene rings is 1. The largest absolute Gasteiger partial charge is 0.347 e. The lowest BCUT2D eigenvalue weighted by Crippen LogP contribution is -2.63. The van der Waals surface area contributed by atoms with Crippen molar-refractivity contribution in [1.82, 2.24) is 36.1 Å². The normalized spacial score (nSPS) is 17.5. The van der Waals surface area contributed by atoms with E-state index in [9.17, 15) is 28.8 Å². The number of nitrogens with zero attached hydrogens (tertiary/aromatic N) is 3. The smallest absolute Gasteiger partial charge is 0.289 e. The highest BCUT2D eigenvalue weighted by Crippen LogP contribution is 2.29. The molecule has 0 spiro atoms. The van der Waals surface area contributed by atoms with Crippen molar-refractivity contribution in [1.29, 1.82) is 0 Å². The molecule has 2 heterocycles. The van der Waals surface area contributed by atoms with E-state index in [1.807, 2.05) is 31.2 Å². The maximum atomic E-state index is 14.5. The zero-order valence-electron chi connectivity index (χ0n) is 28.2. The lowest BCUT2D eigenvalue weighted by atomic mass is 9.84. The molecule has 0 bridgehead atoms. The minimum Gasteiger partial charge on any atom is -0.347 e. The van der Waals surface area contributed by atoms with Crippen molar-refractivity contribution in [2.75, 3.05) is 0 Å². The standard InChI is InChI=1S/C35H45N7O6/c1-7-10-24(28(43)33(47)38-23-13-14-23)39-31(45)26-17-21-11-8-9-12-22(21)19-42(26)34(48)29(35(4,5)6)41-32(46)27(20(2)3)40-30(44)25-18-36-15-16-37-25/h8-9,11-12,15-16,18,23-24,26-27,29H,2,7,10,13-14,17,19H2,1,3-6H3,(H,38,47)(H,39,45)(H,40,44)(H,41,46)/t24-,26-,27-,29+/m0/s1. The van der Waals surface area contributed by atoms with E-state index in [1.54, 1.807) is 27.7 Å². The van der Waals surface area contributed by atoms with Gasteiger partial charge in [-0.15, -0.1) is 0 Å². The van der Waals surface area contributed by atoms with E-state index in [0.717, 1.165) is 24.0 Å². The summed E-state index contributed by atoms with van der Waals surface area (Å²) in [5, 5.41) is 10.9. The Balaban J connectivity index is 1.59. The summed E-state index contributed by atoms with van der Waals surface area (Å²) in [7, 11) is 0. The zero-order valence-corrected chi connectivity index (χ0v) is 28.2. The van der Waals surface area contributed by atoms with Crippen LogP contribution < -0.4 is 21.3 Å². The molecule has 4 rings (SSSR count). The van der Waals surface area contributed by atoms with Gasteiger partial charge in [0, 0.05) is 31.4 Å². The number of Topliss-reactive ketones (excluding diaryl/α,β-unsaturated/α-hetero) is 1. The number of nitrogens with one attached hydrogen (secondary N) is 4. The molecule has 2 aromatic rings. The molecule has 1 aliphatic heterocycles. The van der Waals surface area contributed by atoms with Gasteiger partial charge in [0.05, 0.1) is 12.2 Å². The molecule has 0 radical (unpaired) electrons. The number of fused-ring (bicyclic) bond motifs is 1. The number of carbonyl (C=O) groups is 6. The topological polar surface area (TPSA) is 180 Å². The van der Waals surface area contributed by atoms with Crippen LogP contribution in [0.25, 0.3) is 0 Å². The van der Waals surface area contributed by atoms with Gasteiger partial charge in [0.15, 0.2) is 0 Å². The van der Waals surface area contributed by atoms with E-state index in [2.05, 4.69) is 37.8 Å². The second kappa shape index (κ2) is 15.3. The maximum Gasteiger partial charge on any atom is 0.289 e. The Kier molecular flexibility index (Phi) is 11.5. The molecule has 1 fully saturated rings. The Labute approximate surface area is 280 Å². The molecule has 4 atom stereocenters. The molecule has 1 saturated carbocycles. The fourth-order valence-corrected chi connectivity index (χ4v) is 5.53. The number of hydrogen-bond acceptors (Lipinski definition) is 8. The van der Waals surface area contributed by atoms with E-state index in [1.165, 1.54) is 23.5 Å². The van der Waals surface area contributed by atoms with Crippen molar-refractivity contribution in [2.45, 2.75) is 103 Å². The molecule has 0 unspecified atom stereocenters. The molecular formula is C35H45N7O6. The molecule has 0 saturated heterocycles. The molecule has 5 amide bonds. The van der Waals surface area contributed by atoms with E-state index < -0.39 is 64.9 Å². The lowest BCUT2D eigenvalue weighted by molar-refractivity contribution is -0.148. The summed E-state index contributed by atoms with van der Waals surface area (Å²) in [6.45, 7) is 12.7. The summed E-state index contributed by atoms with van der Waals surface area (Å²) in [5.74, 6) is -3.85. The number of ketones is 1. The SMILES string of the molecule is C=C(C)[C@H](NC(=O)c1cnccn1)C(=O)N[C@H](C(=O)N1Cc2ccccc2C[C@H]1C(=O)N[C@@H](CCC)C(=O)C(=O)NC1CC1)C(C)(C)C. The number of carbonyl (C=O) groups excluding carboxylic acids is 6. The van der Waals surface area contributed by atoms with Gasteiger partial charge in [-0.05, 0) is 48.3 Å².